The highest BCUT2D eigenvalue weighted by atomic mass is 16.3. The first-order valence-corrected chi connectivity index (χ1v) is 7.32. The van der Waals surface area contributed by atoms with Crippen molar-refractivity contribution in [3.63, 3.8) is 0 Å². The third kappa shape index (κ3) is 3.37. The van der Waals surface area contributed by atoms with E-state index in [4.69, 9.17) is 5.73 Å². The molecular weight excluding hydrogens is 272 g/mol. The van der Waals surface area contributed by atoms with Gasteiger partial charge in [-0.1, -0.05) is 0 Å². The van der Waals surface area contributed by atoms with Crippen molar-refractivity contribution in [2.75, 3.05) is 0 Å². The Balaban J connectivity index is 3.21. The summed E-state index contributed by atoms with van der Waals surface area (Å²) in [6.07, 6.45) is 0.851. The van der Waals surface area contributed by atoms with Crippen molar-refractivity contribution in [2.45, 2.75) is 77.7 Å². The molecule has 0 heterocycles. The molecule has 21 heavy (non-hydrogen) atoms. The standard InChI is InChI=1S/C15H28N2O4/c1-9(13(3,4)20)17(10(2)14(5,6)21)12(19)15(7-8-15)11(16)18/h9-10,20-21H,7-8H2,1-6H3,(H2,16,18)/t9-,10-/m1/s1. The quantitative estimate of drug-likeness (QED) is 0.618. The zero-order chi connectivity index (χ0) is 16.8. The predicted octanol–water partition coefficient (Wildman–Crippen LogP) is 0.399. The number of carbonyl (C=O) groups excluding carboxylic acids is 2. The van der Waals surface area contributed by atoms with Crippen molar-refractivity contribution >= 4 is 11.8 Å². The lowest BCUT2D eigenvalue weighted by Gasteiger charge is -2.45. The van der Waals surface area contributed by atoms with E-state index in [9.17, 15) is 19.8 Å². The fourth-order valence-electron chi connectivity index (χ4n) is 2.31. The van der Waals surface area contributed by atoms with E-state index >= 15 is 0 Å². The topological polar surface area (TPSA) is 104 Å². The highest BCUT2D eigenvalue weighted by Crippen LogP contribution is 2.48. The largest absolute Gasteiger partial charge is 0.388 e. The van der Waals surface area contributed by atoms with Gasteiger partial charge in [0.2, 0.25) is 11.8 Å². The summed E-state index contributed by atoms with van der Waals surface area (Å²) in [6.45, 7) is 9.80. The molecule has 1 saturated carbocycles. The van der Waals surface area contributed by atoms with Crippen LogP contribution in [0.15, 0.2) is 0 Å². The monoisotopic (exact) mass is 300 g/mol. The summed E-state index contributed by atoms with van der Waals surface area (Å²) < 4.78 is 0. The van der Waals surface area contributed by atoms with Crippen LogP contribution in [-0.2, 0) is 9.59 Å². The van der Waals surface area contributed by atoms with Gasteiger partial charge in [0.05, 0.1) is 23.3 Å². The molecule has 4 N–H and O–H groups in total. The van der Waals surface area contributed by atoms with Crippen molar-refractivity contribution in [3.05, 3.63) is 0 Å². The van der Waals surface area contributed by atoms with Crippen LogP contribution in [0.4, 0.5) is 0 Å². The molecule has 1 fully saturated rings. The Labute approximate surface area is 126 Å². The van der Waals surface area contributed by atoms with Gasteiger partial charge in [0.15, 0.2) is 0 Å². The van der Waals surface area contributed by atoms with Crippen LogP contribution in [0.2, 0.25) is 0 Å². The van der Waals surface area contributed by atoms with E-state index in [-0.39, 0.29) is 0 Å². The van der Waals surface area contributed by atoms with E-state index in [2.05, 4.69) is 0 Å². The van der Waals surface area contributed by atoms with E-state index in [0.717, 1.165) is 0 Å². The van der Waals surface area contributed by atoms with Crippen molar-refractivity contribution in [1.29, 1.82) is 0 Å². The fraction of sp³-hybridized carbons (Fsp3) is 0.867. The molecule has 0 saturated heterocycles. The van der Waals surface area contributed by atoms with Crippen LogP contribution in [0.25, 0.3) is 0 Å². The zero-order valence-corrected chi connectivity index (χ0v) is 13.8. The van der Waals surface area contributed by atoms with Gasteiger partial charge in [-0.05, 0) is 54.4 Å². The highest BCUT2D eigenvalue weighted by Gasteiger charge is 2.59. The Kier molecular flexibility index (Phi) is 4.48. The molecule has 0 aliphatic heterocycles. The average Bonchev–Trinajstić information content (AvgIpc) is 3.07. The molecule has 6 nitrogen and oxygen atoms in total. The Hall–Kier alpha value is -1.14. The van der Waals surface area contributed by atoms with Crippen LogP contribution in [0, 0.1) is 5.41 Å². The van der Waals surface area contributed by atoms with E-state index in [0.29, 0.717) is 12.8 Å². The number of rotatable bonds is 6. The molecule has 0 aromatic carbocycles. The maximum absolute atomic E-state index is 12.8. The SMILES string of the molecule is C[C@@H](N(C(=O)C1(C(N)=O)CC1)[C@H](C)C(C)(C)O)C(C)(C)O. The molecule has 1 rings (SSSR count). The molecule has 0 unspecified atom stereocenters. The summed E-state index contributed by atoms with van der Waals surface area (Å²) in [5.41, 5.74) is 1.88. The minimum Gasteiger partial charge on any atom is -0.388 e. The molecular formula is C15H28N2O4. The highest BCUT2D eigenvalue weighted by molar-refractivity contribution is 6.07. The summed E-state index contributed by atoms with van der Waals surface area (Å²) >= 11 is 0. The van der Waals surface area contributed by atoms with Crippen LogP contribution < -0.4 is 5.73 Å². The first-order chi connectivity index (χ1) is 9.25. The number of hydrogen-bond donors (Lipinski definition) is 3. The minimum absolute atomic E-state index is 0.403. The van der Waals surface area contributed by atoms with Gasteiger partial charge < -0.3 is 20.8 Å². The zero-order valence-electron chi connectivity index (χ0n) is 13.8. The molecule has 6 heteroatoms. The molecule has 0 aromatic rings. The maximum atomic E-state index is 12.8. The van der Waals surface area contributed by atoms with Gasteiger partial charge in [-0.25, -0.2) is 0 Å². The van der Waals surface area contributed by atoms with Crippen LogP contribution in [0.3, 0.4) is 0 Å². The van der Waals surface area contributed by atoms with Crippen molar-refractivity contribution < 1.29 is 19.8 Å². The van der Waals surface area contributed by atoms with Crippen molar-refractivity contribution in [1.82, 2.24) is 4.90 Å². The number of primary amides is 1. The van der Waals surface area contributed by atoms with Crippen LogP contribution >= 0.6 is 0 Å². The first kappa shape index (κ1) is 17.9. The van der Waals surface area contributed by atoms with E-state index in [1.165, 1.54) is 4.90 Å². The van der Waals surface area contributed by atoms with Crippen LogP contribution in [0.5, 0.6) is 0 Å². The fourth-order valence-corrected chi connectivity index (χ4v) is 2.31. The van der Waals surface area contributed by atoms with E-state index in [1.807, 2.05) is 0 Å². The Morgan fingerprint density at radius 1 is 1.05 bits per heavy atom. The molecule has 0 bridgehead atoms. The predicted molar refractivity (Wildman–Crippen MR) is 79.2 cm³/mol. The van der Waals surface area contributed by atoms with E-state index < -0.39 is 40.5 Å². The number of nitrogens with two attached hydrogens (primary N) is 1. The Morgan fingerprint density at radius 3 is 1.57 bits per heavy atom. The summed E-state index contributed by atoms with van der Waals surface area (Å²) in [5, 5.41) is 20.5. The van der Waals surface area contributed by atoms with Gasteiger partial charge in [-0.3, -0.25) is 9.59 Å². The second-order valence-electron chi connectivity index (χ2n) is 7.32. The van der Waals surface area contributed by atoms with Gasteiger partial charge >= 0.3 is 0 Å². The summed E-state index contributed by atoms with van der Waals surface area (Å²) in [5.74, 6) is -1.04. The molecule has 2 amide bonds. The Morgan fingerprint density at radius 2 is 1.38 bits per heavy atom. The van der Waals surface area contributed by atoms with Crippen LogP contribution in [0.1, 0.15) is 54.4 Å². The second kappa shape index (κ2) is 5.25. The third-order valence-electron chi connectivity index (χ3n) is 4.74. The summed E-state index contributed by atoms with van der Waals surface area (Å²) in [7, 11) is 0. The van der Waals surface area contributed by atoms with Crippen LogP contribution in [-0.4, -0.2) is 50.2 Å². The summed E-state index contributed by atoms with van der Waals surface area (Å²) in [6, 6.07) is -1.13. The van der Waals surface area contributed by atoms with Crippen molar-refractivity contribution in [3.8, 4) is 0 Å². The third-order valence-corrected chi connectivity index (χ3v) is 4.74. The number of amides is 2. The van der Waals surface area contributed by atoms with E-state index in [1.54, 1.807) is 41.5 Å². The lowest BCUT2D eigenvalue weighted by Crippen LogP contribution is -2.61. The van der Waals surface area contributed by atoms with Gasteiger partial charge in [-0.15, -0.1) is 0 Å². The number of carbonyl (C=O) groups is 2. The number of hydrogen-bond acceptors (Lipinski definition) is 4. The first-order valence-electron chi connectivity index (χ1n) is 7.32. The summed E-state index contributed by atoms with van der Waals surface area (Å²) in [4.78, 5) is 25.9. The lowest BCUT2D eigenvalue weighted by atomic mass is 9.90. The van der Waals surface area contributed by atoms with Gasteiger partial charge in [0.25, 0.3) is 0 Å². The number of nitrogens with zero attached hydrogens (tertiary/aromatic N) is 1. The molecule has 0 aromatic heterocycles. The number of aliphatic hydroxyl groups is 2. The molecule has 0 radical (unpaired) electrons. The Bertz CT molecular complexity index is 410. The van der Waals surface area contributed by atoms with Gasteiger partial charge in [-0.2, -0.15) is 0 Å². The normalized spacial score (nSPS) is 20.6. The molecule has 0 spiro atoms. The molecule has 1 aliphatic carbocycles. The maximum Gasteiger partial charge on any atom is 0.238 e. The molecule has 122 valence electrons. The smallest absolute Gasteiger partial charge is 0.238 e. The van der Waals surface area contributed by atoms with Gasteiger partial charge in [0, 0.05) is 0 Å². The molecule has 1 aliphatic rings. The molecule has 2 atom stereocenters. The van der Waals surface area contributed by atoms with Gasteiger partial charge in [0.1, 0.15) is 5.41 Å². The lowest BCUT2D eigenvalue weighted by molar-refractivity contribution is -0.158. The van der Waals surface area contributed by atoms with Crippen molar-refractivity contribution in [2.24, 2.45) is 11.1 Å². The second-order valence-corrected chi connectivity index (χ2v) is 7.32. The average molecular weight is 300 g/mol. The minimum atomic E-state index is -1.17.